The van der Waals surface area contributed by atoms with E-state index in [9.17, 15) is 4.79 Å². The van der Waals surface area contributed by atoms with Gasteiger partial charge in [0.15, 0.2) is 5.82 Å². The monoisotopic (exact) mass is 374 g/mol. The third kappa shape index (κ3) is 3.05. The van der Waals surface area contributed by atoms with Crippen molar-refractivity contribution in [2.24, 2.45) is 0 Å². The highest BCUT2D eigenvalue weighted by atomic mass is 79.9. The van der Waals surface area contributed by atoms with Crippen LogP contribution in [-0.4, -0.2) is 9.55 Å². The lowest BCUT2D eigenvalue weighted by molar-refractivity contribution is 0.658. The highest BCUT2D eigenvalue weighted by Crippen LogP contribution is 2.24. The molecule has 3 rings (SSSR count). The SMILES string of the molecule is Cc1nc(-c2cccs2)n(CCc2ccccc2)c(=O)c1Br. The van der Waals surface area contributed by atoms with Gasteiger partial charge in [-0.15, -0.1) is 11.3 Å². The van der Waals surface area contributed by atoms with E-state index in [2.05, 4.69) is 33.0 Å². The first-order valence-corrected chi connectivity index (χ1v) is 8.69. The Morgan fingerprint density at radius 2 is 1.95 bits per heavy atom. The Hall–Kier alpha value is -1.72. The lowest BCUT2D eigenvalue weighted by atomic mass is 10.1. The minimum absolute atomic E-state index is 0.0215. The number of hydrogen-bond donors (Lipinski definition) is 0. The van der Waals surface area contributed by atoms with Gasteiger partial charge in [-0.3, -0.25) is 9.36 Å². The Balaban J connectivity index is 2.02. The number of benzene rings is 1. The van der Waals surface area contributed by atoms with Gasteiger partial charge in [0.1, 0.15) is 4.47 Å². The second kappa shape index (κ2) is 6.58. The molecule has 0 spiro atoms. The first-order chi connectivity index (χ1) is 10.7. The van der Waals surface area contributed by atoms with Crippen LogP contribution < -0.4 is 5.56 Å². The van der Waals surface area contributed by atoms with E-state index in [1.54, 1.807) is 15.9 Å². The van der Waals surface area contributed by atoms with Gasteiger partial charge < -0.3 is 0 Å². The third-order valence-electron chi connectivity index (χ3n) is 3.49. The van der Waals surface area contributed by atoms with Crippen LogP contribution in [0, 0.1) is 6.92 Å². The second-order valence-corrected chi connectivity index (χ2v) is 6.75. The molecule has 0 fully saturated rings. The van der Waals surface area contributed by atoms with Crippen molar-refractivity contribution in [3.8, 4) is 10.7 Å². The van der Waals surface area contributed by atoms with Crippen molar-refractivity contribution >= 4 is 27.3 Å². The topological polar surface area (TPSA) is 34.9 Å². The molecule has 112 valence electrons. The van der Waals surface area contributed by atoms with Crippen molar-refractivity contribution < 1.29 is 0 Å². The van der Waals surface area contributed by atoms with Gasteiger partial charge in [-0.25, -0.2) is 4.98 Å². The van der Waals surface area contributed by atoms with Crippen LogP contribution in [0.5, 0.6) is 0 Å². The molecule has 22 heavy (non-hydrogen) atoms. The lowest BCUT2D eigenvalue weighted by Gasteiger charge is -2.13. The average Bonchev–Trinajstić information content (AvgIpc) is 3.07. The summed E-state index contributed by atoms with van der Waals surface area (Å²) in [7, 11) is 0. The van der Waals surface area contributed by atoms with Crippen molar-refractivity contribution in [2.75, 3.05) is 0 Å². The number of hydrogen-bond acceptors (Lipinski definition) is 3. The third-order valence-corrected chi connectivity index (χ3v) is 5.27. The molecule has 0 amide bonds. The zero-order chi connectivity index (χ0) is 15.5. The summed E-state index contributed by atoms with van der Waals surface area (Å²) in [6, 6.07) is 14.2. The molecule has 0 aliphatic heterocycles. The van der Waals surface area contributed by atoms with Crippen LogP contribution in [0.15, 0.2) is 57.1 Å². The normalized spacial score (nSPS) is 10.8. The van der Waals surface area contributed by atoms with Crippen molar-refractivity contribution in [1.29, 1.82) is 0 Å². The first-order valence-electron chi connectivity index (χ1n) is 7.01. The van der Waals surface area contributed by atoms with E-state index in [1.165, 1.54) is 5.56 Å². The number of thiophene rings is 1. The molecule has 5 heteroatoms. The number of rotatable bonds is 4. The largest absolute Gasteiger partial charge is 0.291 e. The van der Waals surface area contributed by atoms with E-state index in [-0.39, 0.29) is 5.56 Å². The molecule has 0 aliphatic carbocycles. The Bertz CT molecular complexity index is 826. The van der Waals surface area contributed by atoms with Gasteiger partial charge in [0, 0.05) is 6.54 Å². The fourth-order valence-corrected chi connectivity index (χ4v) is 3.35. The van der Waals surface area contributed by atoms with E-state index in [4.69, 9.17) is 0 Å². The van der Waals surface area contributed by atoms with E-state index < -0.39 is 0 Å². The summed E-state index contributed by atoms with van der Waals surface area (Å²) >= 11 is 4.96. The van der Waals surface area contributed by atoms with Crippen LogP contribution in [0.2, 0.25) is 0 Å². The molecular formula is C17H15BrN2OS. The van der Waals surface area contributed by atoms with Crippen LogP contribution >= 0.6 is 27.3 Å². The summed E-state index contributed by atoms with van der Waals surface area (Å²) in [5.41, 5.74) is 1.92. The zero-order valence-corrected chi connectivity index (χ0v) is 14.5. The minimum atomic E-state index is -0.0215. The number of aromatic nitrogens is 2. The average molecular weight is 375 g/mol. The Kier molecular flexibility index (Phi) is 4.55. The van der Waals surface area contributed by atoms with E-state index in [0.717, 1.165) is 22.8 Å². The lowest BCUT2D eigenvalue weighted by Crippen LogP contribution is -2.25. The van der Waals surface area contributed by atoms with Gasteiger partial charge in [0.25, 0.3) is 5.56 Å². The Morgan fingerprint density at radius 1 is 1.18 bits per heavy atom. The molecule has 3 nitrogen and oxygen atoms in total. The fourth-order valence-electron chi connectivity index (χ4n) is 2.32. The fraction of sp³-hybridized carbons (Fsp3) is 0.176. The molecule has 0 unspecified atom stereocenters. The van der Waals surface area contributed by atoms with Crippen molar-refractivity contribution in [3.05, 3.63) is 73.9 Å². The van der Waals surface area contributed by atoms with Crippen LogP contribution in [-0.2, 0) is 13.0 Å². The quantitative estimate of drug-likeness (QED) is 0.682. The molecular weight excluding hydrogens is 360 g/mol. The van der Waals surface area contributed by atoms with Crippen LogP contribution in [0.1, 0.15) is 11.3 Å². The summed E-state index contributed by atoms with van der Waals surface area (Å²) in [6.45, 7) is 2.46. The molecule has 1 aromatic carbocycles. The van der Waals surface area contributed by atoms with Gasteiger partial charge in [0.05, 0.1) is 10.6 Å². The van der Waals surface area contributed by atoms with Crippen LogP contribution in [0.4, 0.5) is 0 Å². The number of aryl methyl sites for hydroxylation is 2. The summed E-state index contributed by atoms with van der Waals surface area (Å²) in [4.78, 5) is 18.2. The maximum absolute atomic E-state index is 12.6. The smallest absolute Gasteiger partial charge is 0.268 e. The predicted molar refractivity (Wildman–Crippen MR) is 94.4 cm³/mol. The predicted octanol–water partition coefficient (Wildman–Crippen LogP) is 4.29. The maximum atomic E-state index is 12.6. The summed E-state index contributed by atoms with van der Waals surface area (Å²) in [5.74, 6) is 0.747. The van der Waals surface area contributed by atoms with Gasteiger partial charge in [-0.05, 0) is 46.3 Å². The first kappa shape index (κ1) is 15.2. The van der Waals surface area contributed by atoms with E-state index in [1.807, 2.05) is 42.6 Å². The van der Waals surface area contributed by atoms with Crippen LogP contribution in [0.25, 0.3) is 10.7 Å². The Morgan fingerprint density at radius 3 is 2.64 bits per heavy atom. The molecule has 0 radical (unpaired) electrons. The van der Waals surface area contributed by atoms with Crippen molar-refractivity contribution in [3.63, 3.8) is 0 Å². The van der Waals surface area contributed by atoms with E-state index in [0.29, 0.717) is 11.0 Å². The summed E-state index contributed by atoms with van der Waals surface area (Å²) in [6.07, 6.45) is 0.802. The molecule has 0 N–H and O–H groups in total. The number of halogens is 1. The standard InChI is InChI=1S/C17H15BrN2OS/c1-12-15(18)17(21)20(10-9-13-6-3-2-4-7-13)16(19-12)14-8-5-11-22-14/h2-8,11H,9-10H2,1H3. The van der Waals surface area contributed by atoms with Gasteiger partial charge in [-0.2, -0.15) is 0 Å². The maximum Gasteiger partial charge on any atom is 0.268 e. The highest BCUT2D eigenvalue weighted by Gasteiger charge is 2.14. The van der Waals surface area contributed by atoms with Crippen molar-refractivity contribution in [2.45, 2.75) is 19.9 Å². The minimum Gasteiger partial charge on any atom is -0.291 e. The molecule has 2 aromatic heterocycles. The van der Waals surface area contributed by atoms with Crippen LogP contribution in [0.3, 0.4) is 0 Å². The van der Waals surface area contributed by atoms with Gasteiger partial charge in [0.2, 0.25) is 0 Å². The highest BCUT2D eigenvalue weighted by molar-refractivity contribution is 9.10. The second-order valence-electron chi connectivity index (χ2n) is 5.00. The van der Waals surface area contributed by atoms with Crippen molar-refractivity contribution in [1.82, 2.24) is 9.55 Å². The summed E-state index contributed by atoms with van der Waals surface area (Å²) < 4.78 is 2.30. The molecule has 0 saturated carbocycles. The number of nitrogens with zero attached hydrogens (tertiary/aromatic N) is 2. The molecule has 0 bridgehead atoms. The Labute approximate surface area is 141 Å². The summed E-state index contributed by atoms with van der Waals surface area (Å²) in [5, 5.41) is 2.00. The molecule has 2 heterocycles. The van der Waals surface area contributed by atoms with Gasteiger partial charge in [-0.1, -0.05) is 36.4 Å². The molecule has 3 aromatic rings. The zero-order valence-electron chi connectivity index (χ0n) is 12.1. The van der Waals surface area contributed by atoms with E-state index >= 15 is 0 Å². The molecule has 0 atom stereocenters. The van der Waals surface area contributed by atoms with Gasteiger partial charge >= 0.3 is 0 Å². The molecule has 0 aliphatic rings. The molecule has 0 saturated heterocycles.